The van der Waals surface area contributed by atoms with Crippen LogP contribution >= 0.6 is 0 Å². The standard InChI is InChI=1S/C37H23N3O/c1-4-13-24(14-5-1)32-28-20-11-10-19-27(28)23-30-33-29(21-12-22-31(33)41-34(30)32)37-39-35(25-15-6-2-7-16-25)38-36(40-37)26-17-8-3-9-18-26/h1-23H. The van der Waals surface area contributed by atoms with E-state index in [2.05, 4.69) is 60.7 Å². The van der Waals surface area contributed by atoms with Crippen molar-refractivity contribution >= 4 is 32.7 Å². The van der Waals surface area contributed by atoms with Crippen LogP contribution in [0.3, 0.4) is 0 Å². The maximum absolute atomic E-state index is 6.67. The minimum Gasteiger partial charge on any atom is -0.455 e. The van der Waals surface area contributed by atoms with Crippen LogP contribution in [0, 0.1) is 0 Å². The average molecular weight is 526 g/mol. The van der Waals surface area contributed by atoms with Crippen LogP contribution in [-0.2, 0) is 0 Å². The van der Waals surface area contributed by atoms with Crippen LogP contribution in [0.2, 0.25) is 0 Å². The Kier molecular flexibility index (Phi) is 5.42. The Morgan fingerprint density at radius 2 is 1.00 bits per heavy atom. The molecule has 2 aromatic heterocycles. The number of benzene rings is 6. The first-order valence-electron chi connectivity index (χ1n) is 13.6. The van der Waals surface area contributed by atoms with Crippen molar-refractivity contribution in [1.29, 1.82) is 0 Å². The van der Waals surface area contributed by atoms with Crippen molar-refractivity contribution in [1.82, 2.24) is 15.0 Å². The Balaban J connectivity index is 1.45. The van der Waals surface area contributed by atoms with E-state index in [1.807, 2.05) is 78.9 Å². The van der Waals surface area contributed by atoms with Gasteiger partial charge >= 0.3 is 0 Å². The van der Waals surface area contributed by atoms with Gasteiger partial charge in [-0.2, -0.15) is 0 Å². The number of aromatic nitrogens is 3. The molecule has 2 heterocycles. The monoisotopic (exact) mass is 525 g/mol. The number of hydrogen-bond donors (Lipinski definition) is 0. The lowest BCUT2D eigenvalue weighted by Crippen LogP contribution is -2.00. The van der Waals surface area contributed by atoms with Crippen molar-refractivity contribution in [2.45, 2.75) is 0 Å². The molecule has 0 bridgehead atoms. The lowest BCUT2D eigenvalue weighted by molar-refractivity contribution is 0.670. The second-order valence-electron chi connectivity index (χ2n) is 10.0. The molecule has 4 nitrogen and oxygen atoms in total. The number of fused-ring (bicyclic) bond motifs is 4. The second-order valence-corrected chi connectivity index (χ2v) is 10.0. The van der Waals surface area contributed by atoms with E-state index in [9.17, 15) is 0 Å². The molecule has 0 aliphatic carbocycles. The van der Waals surface area contributed by atoms with Gasteiger partial charge in [-0.25, -0.2) is 15.0 Å². The zero-order chi connectivity index (χ0) is 27.2. The van der Waals surface area contributed by atoms with E-state index in [1.165, 1.54) is 0 Å². The maximum atomic E-state index is 6.67. The van der Waals surface area contributed by atoms with Gasteiger partial charge in [0.1, 0.15) is 11.2 Å². The molecule has 41 heavy (non-hydrogen) atoms. The van der Waals surface area contributed by atoms with Gasteiger partial charge in [0.25, 0.3) is 0 Å². The SMILES string of the molecule is c1ccc(-c2nc(-c3ccccc3)nc(-c3cccc4oc5c(-c6ccccc6)c6ccccc6cc5c34)n2)cc1. The molecule has 0 aliphatic heterocycles. The Bertz CT molecular complexity index is 2130. The molecule has 0 aliphatic rings. The molecule has 0 amide bonds. The molecule has 0 saturated carbocycles. The third-order valence-electron chi connectivity index (χ3n) is 7.51. The van der Waals surface area contributed by atoms with E-state index in [-0.39, 0.29) is 0 Å². The molecule has 0 spiro atoms. The highest BCUT2D eigenvalue weighted by atomic mass is 16.3. The minimum atomic E-state index is 0.612. The van der Waals surface area contributed by atoms with Gasteiger partial charge in [0.2, 0.25) is 0 Å². The number of nitrogens with zero attached hydrogens (tertiary/aromatic N) is 3. The van der Waals surface area contributed by atoms with E-state index in [0.29, 0.717) is 17.5 Å². The summed E-state index contributed by atoms with van der Waals surface area (Å²) in [5, 5.41) is 4.34. The van der Waals surface area contributed by atoms with Crippen molar-refractivity contribution in [3.63, 3.8) is 0 Å². The summed E-state index contributed by atoms with van der Waals surface area (Å²) in [6, 6.07) is 47.4. The highest BCUT2D eigenvalue weighted by molar-refractivity contribution is 6.21. The van der Waals surface area contributed by atoms with Crippen molar-refractivity contribution in [3.8, 4) is 45.3 Å². The molecule has 0 atom stereocenters. The van der Waals surface area contributed by atoms with E-state index in [4.69, 9.17) is 19.4 Å². The van der Waals surface area contributed by atoms with Gasteiger partial charge in [0.15, 0.2) is 17.5 Å². The predicted molar refractivity (Wildman–Crippen MR) is 166 cm³/mol. The van der Waals surface area contributed by atoms with Gasteiger partial charge in [-0.05, 0) is 28.5 Å². The molecule has 0 saturated heterocycles. The van der Waals surface area contributed by atoms with Gasteiger partial charge in [-0.1, -0.05) is 127 Å². The van der Waals surface area contributed by atoms with Gasteiger partial charge in [-0.3, -0.25) is 0 Å². The fourth-order valence-electron chi connectivity index (χ4n) is 5.63. The summed E-state index contributed by atoms with van der Waals surface area (Å²) in [4.78, 5) is 14.9. The molecular weight excluding hydrogens is 502 g/mol. The Morgan fingerprint density at radius 1 is 0.439 bits per heavy atom. The number of furan rings is 1. The molecule has 6 aromatic carbocycles. The largest absolute Gasteiger partial charge is 0.455 e. The third kappa shape index (κ3) is 3.97. The fourth-order valence-corrected chi connectivity index (χ4v) is 5.63. The van der Waals surface area contributed by atoms with Gasteiger partial charge in [0.05, 0.1) is 0 Å². The van der Waals surface area contributed by atoms with Crippen LogP contribution in [0.15, 0.2) is 144 Å². The Labute approximate surface area is 236 Å². The van der Waals surface area contributed by atoms with Crippen LogP contribution in [0.1, 0.15) is 0 Å². The lowest BCUT2D eigenvalue weighted by atomic mass is 9.94. The molecule has 8 rings (SSSR count). The highest BCUT2D eigenvalue weighted by Gasteiger charge is 2.21. The summed E-state index contributed by atoms with van der Waals surface area (Å²) in [5.41, 5.74) is 6.65. The van der Waals surface area contributed by atoms with Crippen LogP contribution in [0.25, 0.3) is 78.0 Å². The quantitative estimate of drug-likeness (QED) is 0.230. The van der Waals surface area contributed by atoms with Crippen LogP contribution in [-0.4, -0.2) is 15.0 Å². The van der Waals surface area contributed by atoms with Crippen molar-refractivity contribution in [3.05, 3.63) is 140 Å². The maximum Gasteiger partial charge on any atom is 0.164 e. The fraction of sp³-hybridized carbons (Fsp3) is 0. The minimum absolute atomic E-state index is 0.612. The molecular formula is C37H23N3O. The summed E-state index contributed by atoms with van der Waals surface area (Å²) in [5.74, 6) is 1.88. The Hall–Kier alpha value is -5.61. The van der Waals surface area contributed by atoms with Crippen LogP contribution in [0.4, 0.5) is 0 Å². The summed E-state index contributed by atoms with van der Waals surface area (Å²) >= 11 is 0. The van der Waals surface area contributed by atoms with E-state index in [0.717, 1.165) is 60.5 Å². The lowest BCUT2D eigenvalue weighted by Gasteiger charge is -2.10. The van der Waals surface area contributed by atoms with Gasteiger partial charge in [-0.15, -0.1) is 0 Å². The van der Waals surface area contributed by atoms with E-state index >= 15 is 0 Å². The summed E-state index contributed by atoms with van der Waals surface area (Å²) in [6.07, 6.45) is 0. The first kappa shape index (κ1) is 23.3. The van der Waals surface area contributed by atoms with E-state index in [1.54, 1.807) is 0 Å². The first-order chi connectivity index (χ1) is 20.3. The highest BCUT2D eigenvalue weighted by Crippen LogP contribution is 2.43. The van der Waals surface area contributed by atoms with E-state index < -0.39 is 0 Å². The predicted octanol–water partition coefficient (Wildman–Crippen LogP) is 9.59. The zero-order valence-electron chi connectivity index (χ0n) is 22.0. The summed E-state index contributed by atoms with van der Waals surface area (Å²) in [7, 11) is 0. The van der Waals surface area contributed by atoms with Crippen molar-refractivity contribution in [2.75, 3.05) is 0 Å². The first-order valence-corrected chi connectivity index (χ1v) is 13.6. The molecule has 8 aromatic rings. The molecule has 0 fully saturated rings. The Morgan fingerprint density at radius 3 is 1.66 bits per heavy atom. The van der Waals surface area contributed by atoms with Gasteiger partial charge < -0.3 is 4.42 Å². The second kappa shape index (κ2) is 9.54. The third-order valence-corrected chi connectivity index (χ3v) is 7.51. The zero-order valence-corrected chi connectivity index (χ0v) is 22.0. The smallest absolute Gasteiger partial charge is 0.164 e. The van der Waals surface area contributed by atoms with Crippen molar-refractivity contribution < 1.29 is 4.42 Å². The number of rotatable bonds is 4. The molecule has 4 heteroatoms. The summed E-state index contributed by atoms with van der Waals surface area (Å²) < 4.78 is 6.67. The average Bonchev–Trinajstić information content (AvgIpc) is 3.43. The van der Waals surface area contributed by atoms with Crippen LogP contribution in [0.5, 0.6) is 0 Å². The van der Waals surface area contributed by atoms with Gasteiger partial charge in [0, 0.05) is 33.0 Å². The summed E-state index contributed by atoms with van der Waals surface area (Å²) in [6.45, 7) is 0. The molecule has 0 unspecified atom stereocenters. The normalized spacial score (nSPS) is 11.4. The molecule has 192 valence electrons. The van der Waals surface area contributed by atoms with Crippen LogP contribution < -0.4 is 0 Å². The number of hydrogen-bond acceptors (Lipinski definition) is 4. The molecule has 0 N–H and O–H groups in total. The topological polar surface area (TPSA) is 51.8 Å². The molecule has 0 radical (unpaired) electrons. The van der Waals surface area contributed by atoms with Crippen molar-refractivity contribution in [2.24, 2.45) is 0 Å².